The van der Waals surface area contributed by atoms with Gasteiger partial charge in [0.2, 0.25) is 0 Å². The summed E-state index contributed by atoms with van der Waals surface area (Å²) in [5.41, 5.74) is 6.53. The minimum Gasteiger partial charge on any atom is -0.266 e. The highest BCUT2D eigenvalue weighted by atomic mass is 79.9. The van der Waals surface area contributed by atoms with E-state index in [1.165, 1.54) is 16.7 Å². The van der Waals surface area contributed by atoms with Gasteiger partial charge in [0.25, 0.3) is 10.0 Å². The van der Waals surface area contributed by atoms with Crippen molar-refractivity contribution in [2.75, 3.05) is 6.54 Å². The van der Waals surface area contributed by atoms with E-state index >= 15 is 0 Å². The zero-order valence-electron chi connectivity index (χ0n) is 16.7. The van der Waals surface area contributed by atoms with Gasteiger partial charge in [-0.25, -0.2) is 8.42 Å². The fourth-order valence-electron chi connectivity index (χ4n) is 4.67. The smallest absolute Gasteiger partial charge is 0.264 e. The Labute approximate surface area is 186 Å². The van der Waals surface area contributed by atoms with Gasteiger partial charge in [-0.2, -0.15) is 0 Å². The van der Waals surface area contributed by atoms with Crippen molar-refractivity contribution in [1.82, 2.24) is 4.31 Å². The SMILES string of the molecule is Cc1ccc(S(=O)(=O)N2CCCC3=C2c2ccc(Br)cc2C3c2ccccc2)cc1. The number of hydrogen-bond acceptors (Lipinski definition) is 2. The van der Waals surface area contributed by atoms with Gasteiger partial charge in [-0.1, -0.05) is 70.0 Å². The Balaban J connectivity index is 1.70. The van der Waals surface area contributed by atoms with Gasteiger partial charge in [-0.05, 0) is 60.7 Å². The first kappa shape index (κ1) is 19.6. The number of nitrogens with zero attached hydrogens (tertiary/aromatic N) is 1. The van der Waals surface area contributed by atoms with Crippen LogP contribution in [0, 0.1) is 6.92 Å². The van der Waals surface area contributed by atoms with Crippen LogP contribution in [-0.2, 0) is 10.0 Å². The highest BCUT2D eigenvalue weighted by Gasteiger charge is 2.40. The van der Waals surface area contributed by atoms with Crippen molar-refractivity contribution in [3.63, 3.8) is 0 Å². The van der Waals surface area contributed by atoms with Crippen LogP contribution in [0.25, 0.3) is 5.70 Å². The molecule has 0 saturated heterocycles. The fraction of sp³-hybridized carbons (Fsp3) is 0.200. The van der Waals surface area contributed by atoms with Crippen LogP contribution in [0.5, 0.6) is 0 Å². The molecule has 0 aromatic heterocycles. The van der Waals surface area contributed by atoms with E-state index in [0.717, 1.165) is 34.1 Å². The Hall–Kier alpha value is -2.37. The summed E-state index contributed by atoms with van der Waals surface area (Å²) in [4.78, 5) is 0.351. The second-order valence-corrected chi connectivity index (χ2v) is 10.7. The highest BCUT2D eigenvalue weighted by Crippen LogP contribution is 2.52. The molecule has 3 aromatic carbocycles. The molecule has 3 nitrogen and oxygen atoms in total. The van der Waals surface area contributed by atoms with E-state index in [4.69, 9.17) is 0 Å². The lowest BCUT2D eigenvalue weighted by molar-refractivity contribution is 0.483. The van der Waals surface area contributed by atoms with Gasteiger partial charge in [0, 0.05) is 22.5 Å². The molecule has 0 N–H and O–H groups in total. The second kappa shape index (κ2) is 7.40. The van der Waals surface area contributed by atoms with Gasteiger partial charge in [0.15, 0.2) is 0 Å². The van der Waals surface area contributed by atoms with Crippen LogP contribution in [0.3, 0.4) is 0 Å². The normalized spacial score (nSPS) is 18.3. The first-order valence-corrected chi connectivity index (χ1v) is 12.4. The Bertz CT molecular complexity index is 1250. The van der Waals surface area contributed by atoms with E-state index in [9.17, 15) is 8.42 Å². The first-order chi connectivity index (χ1) is 14.5. The van der Waals surface area contributed by atoms with E-state index < -0.39 is 10.0 Å². The van der Waals surface area contributed by atoms with E-state index in [-0.39, 0.29) is 5.92 Å². The molecule has 5 heteroatoms. The summed E-state index contributed by atoms with van der Waals surface area (Å²) in [7, 11) is -3.63. The van der Waals surface area contributed by atoms with Gasteiger partial charge >= 0.3 is 0 Å². The zero-order chi connectivity index (χ0) is 20.9. The standard InChI is InChI=1S/C25H22BrNO2S/c1-17-9-12-20(13-10-17)30(28,29)27-15-5-8-22-24(18-6-3-2-4-7-18)23-16-19(26)11-14-21(23)25(22)27/h2-4,6-7,9-14,16,24H,5,8,15H2,1H3. The molecule has 2 aliphatic rings. The third-order valence-electron chi connectivity index (χ3n) is 6.03. The molecule has 0 amide bonds. The van der Waals surface area contributed by atoms with Crippen molar-refractivity contribution in [3.05, 3.63) is 105 Å². The lowest BCUT2D eigenvalue weighted by Gasteiger charge is -2.32. The van der Waals surface area contributed by atoms with Crippen LogP contribution >= 0.6 is 15.9 Å². The number of allylic oxidation sites excluding steroid dienone is 1. The Kier molecular flexibility index (Phi) is 4.83. The molecule has 0 bridgehead atoms. The van der Waals surface area contributed by atoms with Gasteiger partial charge in [0.05, 0.1) is 10.6 Å². The quantitative estimate of drug-likeness (QED) is 0.455. The van der Waals surface area contributed by atoms with Gasteiger partial charge in [-0.15, -0.1) is 0 Å². The summed E-state index contributed by atoms with van der Waals surface area (Å²) in [6, 6.07) is 23.7. The monoisotopic (exact) mass is 479 g/mol. The Morgan fingerprint density at radius 2 is 1.70 bits per heavy atom. The van der Waals surface area contributed by atoms with Gasteiger partial charge in [-0.3, -0.25) is 4.31 Å². The maximum Gasteiger partial charge on any atom is 0.264 e. The average molecular weight is 480 g/mol. The molecule has 1 unspecified atom stereocenters. The number of aryl methyl sites for hydroxylation is 1. The Morgan fingerprint density at radius 1 is 0.967 bits per heavy atom. The average Bonchev–Trinajstić information content (AvgIpc) is 3.08. The summed E-state index contributed by atoms with van der Waals surface area (Å²) in [6.45, 7) is 2.47. The first-order valence-electron chi connectivity index (χ1n) is 10.1. The molecule has 0 fully saturated rings. The number of halogens is 1. The summed E-state index contributed by atoms with van der Waals surface area (Å²) in [5.74, 6) is 0.0877. The van der Waals surface area contributed by atoms with Gasteiger partial charge < -0.3 is 0 Å². The third-order valence-corrected chi connectivity index (χ3v) is 8.34. The van der Waals surface area contributed by atoms with Crippen LogP contribution < -0.4 is 0 Å². The molecule has 0 spiro atoms. The topological polar surface area (TPSA) is 37.4 Å². The number of rotatable bonds is 3. The molecule has 5 rings (SSSR count). The van der Waals surface area contributed by atoms with Crippen LogP contribution in [0.1, 0.15) is 41.0 Å². The van der Waals surface area contributed by atoms with E-state index in [0.29, 0.717) is 11.4 Å². The van der Waals surface area contributed by atoms with Gasteiger partial charge in [0.1, 0.15) is 0 Å². The highest BCUT2D eigenvalue weighted by molar-refractivity contribution is 9.10. The number of benzene rings is 3. The third kappa shape index (κ3) is 3.12. The lowest BCUT2D eigenvalue weighted by Crippen LogP contribution is -2.33. The maximum atomic E-state index is 13.6. The fourth-order valence-corrected chi connectivity index (χ4v) is 6.61. The van der Waals surface area contributed by atoms with E-state index in [1.807, 2.05) is 31.2 Å². The molecule has 30 heavy (non-hydrogen) atoms. The molecule has 0 saturated carbocycles. The summed E-state index contributed by atoms with van der Waals surface area (Å²) >= 11 is 3.61. The lowest BCUT2D eigenvalue weighted by atomic mass is 9.86. The molecule has 152 valence electrons. The number of fused-ring (bicyclic) bond motifs is 2. The molecular weight excluding hydrogens is 458 g/mol. The van der Waals surface area contributed by atoms with Crippen molar-refractivity contribution in [2.45, 2.75) is 30.6 Å². The van der Waals surface area contributed by atoms with Crippen LogP contribution in [0.4, 0.5) is 0 Å². The molecule has 1 atom stereocenters. The van der Waals surface area contributed by atoms with Crippen molar-refractivity contribution in [1.29, 1.82) is 0 Å². The van der Waals surface area contributed by atoms with E-state index in [2.05, 4.69) is 52.3 Å². The van der Waals surface area contributed by atoms with Crippen molar-refractivity contribution in [2.24, 2.45) is 0 Å². The molecule has 0 radical (unpaired) electrons. The minimum absolute atomic E-state index is 0.0877. The molecular formula is C25H22BrNO2S. The predicted molar refractivity (Wildman–Crippen MR) is 124 cm³/mol. The minimum atomic E-state index is -3.63. The summed E-state index contributed by atoms with van der Waals surface area (Å²) in [6.07, 6.45) is 1.73. The predicted octanol–water partition coefficient (Wildman–Crippen LogP) is 6.10. The molecule has 1 heterocycles. The van der Waals surface area contributed by atoms with Crippen molar-refractivity contribution < 1.29 is 8.42 Å². The Morgan fingerprint density at radius 3 is 2.43 bits per heavy atom. The zero-order valence-corrected chi connectivity index (χ0v) is 19.1. The van der Waals surface area contributed by atoms with Crippen LogP contribution in [0.2, 0.25) is 0 Å². The van der Waals surface area contributed by atoms with Crippen LogP contribution in [-0.4, -0.2) is 19.3 Å². The summed E-state index contributed by atoms with van der Waals surface area (Å²) in [5, 5.41) is 0. The van der Waals surface area contributed by atoms with E-state index in [1.54, 1.807) is 16.4 Å². The van der Waals surface area contributed by atoms with Crippen molar-refractivity contribution >= 4 is 31.7 Å². The van der Waals surface area contributed by atoms with Crippen LogP contribution in [0.15, 0.2) is 87.7 Å². The maximum absolute atomic E-state index is 13.6. The number of sulfonamides is 1. The summed E-state index contributed by atoms with van der Waals surface area (Å²) < 4.78 is 29.9. The second-order valence-electron chi connectivity index (χ2n) is 7.94. The molecule has 1 aliphatic heterocycles. The molecule has 3 aromatic rings. The number of hydrogen-bond donors (Lipinski definition) is 0. The van der Waals surface area contributed by atoms with Crippen molar-refractivity contribution in [3.8, 4) is 0 Å². The molecule has 1 aliphatic carbocycles. The largest absolute Gasteiger partial charge is 0.266 e.